The highest BCUT2D eigenvalue weighted by molar-refractivity contribution is 7.92. The molecule has 152 valence electrons. The summed E-state index contributed by atoms with van der Waals surface area (Å²) in [6.45, 7) is 9.10. The third kappa shape index (κ3) is 2.81. The van der Waals surface area contributed by atoms with Crippen LogP contribution in [0.3, 0.4) is 0 Å². The Labute approximate surface area is 169 Å². The SMILES string of the molecule is COc1cc2ncc(-c3cnn4c(C)c(C)ccc34)n2cc1S(=O)(=O)C(C)(C)C. The van der Waals surface area contributed by atoms with Gasteiger partial charge < -0.3 is 4.74 Å². The van der Waals surface area contributed by atoms with Crippen LogP contribution in [-0.4, -0.2) is 39.3 Å². The van der Waals surface area contributed by atoms with Gasteiger partial charge in [0.25, 0.3) is 0 Å². The maximum absolute atomic E-state index is 13.2. The molecule has 0 aliphatic rings. The first-order chi connectivity index (χ1) is 13.6. The first-order valence-electron chi connectivity index (χ1n) is 9.30. The van der Waals surface area contributed by atoms with Gasteiger partial charge in [0.05, 0.1) is 35.5 Å². The molecule has 4 heterocycles. The standard InChI is InChI=1S/C21H24N4O3S/c1-13-7-8-16-15(10-23-25(16)14(13)2)17-11-22-20-9-18(28-6)19(12-24(17)20)29(26,27)21(3,4)5/h7-12H,1-6H3. The third-order valence-electron chi connectivity index (χ3n) is 5.35. The molecule has 4 aromatic rings. The van der Waals surface area contributed by atoms with E-state index in [9.17, 15) is 8.42 Å². The quantitative estimate of drug-likeness (QED) is 0.511. The van der Waals surface area contributed by atoms with E-state index >= 15 is 0 Å². The van der Waals surface area contributed by atoms with Gasteiger partial charge in [-0.3, -0.25) is 4.40 Å². The van der Waals surface area contributed by atoms with Crippen molar-refractivity contribution in [3.05, 3.63) is 48.0 Å². The van der Waals surface area contributed by atoms with Crippen molar-refractivity contribution in [2.24, 2.45) is 0 Å². The zero-order valence-electron chi connectivity index (χ0n) is 17.4. The van der Waals surface area contributed by atoms with Gasteiger partial charge in [-0.05, 0) is 46.2 Å². The zero-order valence-corrected chi connectivity index (χ0v) is 18.2. The molecule has 0 amide bonds. The molecule has 0 saturated carbocycles. The van der Waals surface area contributed by atoms with Crippen LogP contribution >= 0.6 is 0 Å². The number of rotatable bonds is 3. The average Bonchev–Trinajstić information content (AvgIpc) is 3.26. The molecular formula is C21H24N4O3S. The minimum Gasteiger partial charge on any atom is -0.495 e. The maximum Gasteiger partial charge on any atom is 0.188 e. The second-order valence-corrected chi connectivity index (χ2v) is 10.8. The molecule has 0 unspecified atom stereocenters. The maximum atomic E-state index is 13.2. The van der Waals surface area contributed by atoms with Gasteiger partial charge in [0.1, 0.15) is 16.3 Å². The predicted octanol–water partition coefficient (Wildman–Crippen LogP) is 3.85. The number of fused-ring (bicyclic) bond motifs is 2. The van der Waals surface area contributed by atoms with Crippen LogP contribution in [-0.2, 0) is 9.84 Å². The lowest BCUT2D eigenvalue weighted by molar-refractivity contribution is 0.401. The Morgan fingerprint density at radius 1 is 1.10 bits per heavy atom. The Hall–Kier alpha value is -2.87. The fraction of sp³-hybridized carbons (Fsp3) is 0.333. The van der Waals surface area contributed by atoms with Gasteiger partial charge >= 0.3 is 0 Å². The van der Waals surface area contributed by atoms with Gasteiger partial charge in [-0.15, -0.1) is 0 Å². The van der Waals surface area contributed by atoms with Crippen LogP contribution in [0.2, 0.25) is 0 Å². The van der Waals surface area contributed by atoms with Crippen molar-refractivity contribution >= 4 is 21.0 Å². The molecule has 0 bridgehead atoms. The van der Waals surface area contributed by atoms with E-state index in [1.165, 1.54) is 7.11 Å². The molecule has 4 aromatic heterocycles. The summed E-state index contributed by atoms with van der Waals surface area (Å²) in [5.74, 6) is 0.288. The van der Waals surface area contributed by atoms with Gasteiger partial charge in [-0.1, -0.05) is 6.07 Å². The number of aromatic nitrogens is 4. The highest BCUT2D eigenvalue weighted by atomic mass is 32.2. The minimum atomic E-state index is -3.62. The van der Waals surface area contributed by atoms with E-state index in [0.29, 0.717) is 5.65 Å². The number of pyridine rings is 2. The van der Waals surface area contributed by atoms with Gasteiger partial charge in [-0.2, -0.15) is 5.10 Å². The van der Waals surface area contributed by atoms with Crippen LogP contribution in [0.1, 0.15) is 32.0 Å². The monoisotopic (exact) mass is 412 g/mol. The first kappa shape index (κ1) is 19.4. The Morgan fingerprint density at radius 3 is 2.48 bits per heavy atom. The summed E-state index contributed by atoms with van der Waals surface area (Å²) in [7, 11) is -2.16. The Morgan fingerprint density at radius 2 is 1.83 bits per heavy atom. The van der Waals surface area contributed by atoms with Crippen LogP contribution in [0.5, 0.6) is 5.75 Å². The zero-order chi connectivity index (χ0) is 21.1. The average molecular weight is 413 g/mol. The number of methoxy groups -OCH3 is 1. The lowest BCUT2D eigenvalue weighted by atomic mass is 10.1. The lowest BCUT2D eigenvalue weighted by Gasteiger charge is -2.21. The molecule has 0 saturated heterocycles. The number of sulfone groups is 1. The first-order valence-corrected chi connectivity index (χ1v) is 10.8. The molecule has 0 spiro atoms. The van der Waals surface area contributed by atoms with Crippen molar-refractivity contribution in [1.29, 1.82) is 0 Å². The van der Waals surface area contributed by atoms with Crippen molar-refractivity contribution in [2.75, 3.05) is 7.11 Å². The number of imidazole rings is 1. The highest BCUT2D eigenvalue weighted by Crippen LogP contribution is 2.35. The summed E-state index contributed by atoms with van der Waals surface area (Å²) in [6.07, 6.45) is 5.11. The Kier molecular flexibility index (Phi) is 4.24. The third-order valence-corrected chi connectivity index (χ3v) is 7.85. The van der Waals surface area contributed by atoms with Gasteiger partial charge in [0, 0.05) is 23.5 Å². The molecule has 0 N–H and O–H groups in total. The predicted molar refractivity (Wildman–Crippen MR) is 112 cm³/mol. The summed E-state index contributed by atoms with van der Waals surface area (Å²) in [5, 5.41) is 4.52. The van der Waals surface area contributed by atoms with E-state index in [-0.39, 0.29) is 10.6 Å². The second-order valence-electron chi connectivity index (χ2n) is 8.15. The number of aryl methyl sites for hydroxylation is 2. The number of hydrogen-bond donors (Lipinski definition) is 0. The van der Waals surface area contributed by atoms with Crippen LogP contribution in [0.25, 0.3) is 22.4 Å². The summed E-state index contributed by atoms with van der Waals surface area (Å²) in [6, 6.07) is 5.72. The number of hydrogen-bond acceptors (Lipinski definition) is 5. The van der Waals surface area contributed by atoms with Crippen molar-refractivity contribution in [3.63, 3.8) is 0 Å². The highest BCUT2D eigenvalue weighted by Gasteiger charge is 2.34. The molecule has 0 aromatic carbocycles. The van der Waals surface area contributed by atoms with E-state index < -0.39 is 14.6 Å². The van der Waals surface area contributed by atoms with Crippen molar-refractivity contribution in [1.82, 2.24) is 19.0 Å². The molecule has 8 heteroatoms. The van der Waals surface area contributed by atoms with E-state index in [1.807, 2.05) is 24.4 Å². The number of ether oxygens (including phenoxy) is 1. The van der Waals surface area contributed by atoms with Gasteiger partial charge in [0.15, 0.2) is 9.84 Å². The molecule has 7 nitrogen and oxygen atoms in total. The summed E-state index contributed by atoms with van der Waals surface area (Å²) >= 11 is 0. The fourth-order valence-corrected chi connectivity index (χ4v) is 4.66. The van der Waals surface area contributed by atoms with E-state index in [0.717, 1.165) is 28.0 Å². The molecule has 4 rings (SSSR count). The van der Waals surface area contributed by atoms with Crippen molar-refractivity contribution in [2.45, 2.75) is 44.3 Å². The molecule has 0 aliphatic carbocycles. The van der Waals surface area contributed by atoms with Crippen molar-refractivity contribution < 1.29 is 13.2 Å². The smallest absolute Gasteiger partial charge is 0.188 e. The summed E-state index contributed by atoms with van der Waals surface area (Å²) in [4.78, 5) is 4.61. The molecule has 0 radical (unpaired) electrons. The van der Waals surface area contributed by atoms with E-state index in [4.69, 9.17) is 4.74 Å². The van der Waals surface area contributed by atoms with E-state index in [2.05, 4.69) is 16.1 Å². The van der Waals surface area contributed by atoms with Crippen LogP contribution in [0, 0.1) is 13.8 Å². The Balaban J connectivity index is 2.02. The van der Waals surface area contributed by atoms with Crippen molar-refractivity contribution in [3.8, 4) is 17.0 Å². The molecule has 0 aliphatic heterocycles. The molecule has 29 heavy (non-hydrogen) atoms. The topological polar surface area (TPSA) is 78.0 Å². The van der Waals surface area contributed by atoms with Crippen LogP contribution < -0.4 is 4.74 Å². The number of nitrogens with zero attached hydrogens (tertiary/aromatic N) is 4. The normalized spacial score (nSPS) is 12.8. The van der Waals surface area contributed by atoms with Gasteiger partial charge in [-0.25, -0.2) is 17.9 Å². The minimum absolute atomic E-state index is 0.141. The largest absolute Gasteiger partial charge is 0.495 e. The molecular weight excluding hydrogens is 388 g/mol. The summed E-state index contributed by atoms with van der Waals surface area (Å²) < 4.78 is 34.4. The van der Waals surface area contributed by atoms with Gasteiger partial charge in [0.2, 0.25) is 0 Å². The second kappa shape index (κ2) is 6.32. The Bertz CT molecular complexity index is 1360. The molecule has 0 fully saturated rings. The van der Waals surface area contributed by atoms with E-state index in [1.54, 1.807) is 49.8 Å². The van der Waals surface area contributed by atoms with Crippen LogP contribution in [0.15, 0.2) is 41.7 Å². The van der Waals surface area contributed by atoms with Crippen LogP contribution in [0.4, 0.5) is 0 Å². The fourth-order valence-electron chi connectivity index (χ4n) is 3.35. The molecule has 0 atom stereocenters. The lowest BCUT2D eigenvalue weighted by Crippen LogP contribution is -2.28. The summed E-state index contributed by atoms with van der Waals surface area (Å²) in [5.41, 5.74) is 5.39.